The van der Waals surface area contributed by atoms with Crippen molar-refractivity contribution in [3.05, 3.63) is 54.4 Å². The highest BCUT2D eigenvalue weighted by Gasteiger charge is 2.25. The fourth-order valence-corrected chi connectivity index (χ4v) is 3.42. The van der Waals surface area contributed by atoms with Crippen LogP contribution >= 0.6 is 0 Å². The lowest BCUT2D eigenvalue weighted by Crippen LogP contribution is -2.32. The molecule has 0 fully saturated rings. The molecular weight excluding hydrogens is 286 g/mol. The van der Waals surface area contributed by atoms with E-state index in [-0.39, 0.29) is 10.8 Å². The van der Waals surface area contributed by atoms with Crippen molar-refractivity contribution in [3.63, 3.8) is 0 Å². The van der Waals surface area contributed by atoms with Gasteiger partial charge in [0.1, 0.15) is 4.90 Å². The standard InChI is InChI=1S/C15H19N3O2S/c1-11(2)15(13-7-3-4-8-14(13)16)18-21(19,20)12-6-5-9-17-10-12/h3-11,15,18H,16H2,1-2H3/t15-/m0/s1. The predicted molar refractivity (Wildman–Crippen MR) is 83.0 cm³/mol. The van der Waals surface area contributed by atoms with Crippen molar-refractivity contribution in [1.82, 2.24) is 9.71 Å². The Morgan fingerprint density at radius 1 is 1.14 bits per heavy atom. The van der Waals surface area contributed by atoms with Gasteiger partial charge in [-0.15, -0.1) is 0 Å². The molecule has 0 unspecified atom stereocenters. The van der Waals surface area contributed by atoms with Crippen molar-refractivity contribution >= 4 is 15.7 Å². The van der Waals surface area contributed by atoms with Gasteiger partial charge in [0.2, 0.25) is 10.0 Å². The van der Waals surface area contributed by atoms with Crippen molar-refractivity contribution in [2.24, 2.45) is 5.92 Å². The van der Waals surface area contributed by atoms with E-state index < -0.39 is 16.1 Å². The summed E-state index contributed by atoms with van der Waals surface area (Å²) >= 11 is 0. The zero-order valence-corrected chi connectivity index (χ0v) is 12.8. The summed E-state index contributed by atoms with van der Waals surface area (Å²) in [6, 6.07) is 9.99. The van der Waals surface area contributed by atoms with Crippen LogP contribution in [0.2, 0.25) is 0 Å². The quantitative estimate of drug-likeness (QED) is 0.830. The van der Waals surface area contributed by atoms with Crippen LogP contribution in [0.15, 0.2) is 53.7 Å². The first kappa shape index (κ1) is 15.5. The van der Waals surface area contributed by atoms with E-state index in [1.165, 1.54) is 18.5 Å². The Hall–Kier alpha value is -1.92. The molecule has 2 aromatic rings. The molecule has 0 amide bonds. The Balaban J connectivity index is 2.36. The average molecular weight is 305 g/mol. The molecule has 2 rings (SSSR count). The molecule has 5 nitrogen and oxygen atoms in total. The van der Waals surface area contributed by atoms with Crippen molar-refractivity contribution in [1.29, 1.82) is 0 Å². The van der Waals surface area contributed by atoms with E-state index in [2.05, 4.69) is 9.71 Å². The second-order valence-corrected chi connectivity index (χ2v) is 6.87. The Morgan fingerprint density at radius 2 is 1.86 bits per heavy atom. The fourth-order valence-electron chi connectivity index (χ4n) is 2.09. The summed E-state index contributed by atoms with van der Waals surface area (Å²) < 4.78 is 27.6. The minimum atomic E-state index is -3.64. The molecule has 1 heterocycles. The van der Waals surface area contributed by atoms with Gasteiger partial charge in [-0.05, 0) is 29.7 Å². The third-order valence-electron chi connectivity index (χ3n) is 3.22. The van der Waals surface area contributed by atoms with Gasteiger partial charge in [-0.2, -0.15) is 0 Å². The second-order valence-electron chi connectivity index (χ2n) is 5.16. The number of anilines is 1. The normalized spacial score (nSPS) is 13.3. The first-order chi connectivity index (χ1) is 9.92. The lowest BCUT2D eigenvalue weighted by atomic mass is 9.96. The summed E-state index contributed by atoms with van der Waals surface area (Å²) in [6.45, 7) is 3.89. The molecule has 0 saturated heterocycles. The number of hydrogen-bond donors (Lipinski definition) is 2. The van der Waals surface area contributed by atoms with Crippen LogP contribution in [0.3, 0.4) is 0 Å². The van der Waals surface area contributed by atoms with Crippen LogP contribution in [0, 0.1) is 5.92 Å². The predicted octanol–water partition coefficient (Wildman–Crippen LogP) is 2.34. The second kappa shape index (κ2) is 6.24. The smallest absolute Gasteiger partial charge is 0.242 e. The van der Waals surface area contributed by atoms with Gasteiger partial charge in [0.05, 0.1) is 6.04 Å². The molecule has 21 heavy (non-hydrogen) atoms. The number of benzene rings is 1. The molecule has 1 atom stereocenters. The minimum absolute atomic E-state index is 0.0566. The van der Waals surface area contributed by atoms with Crippen molar-refractivity contribution in [3.8, 4) is 0 Å². The number of nitrogens with two attached hydrogens (primary N) is 1. The third-order valence-corrected chi connectivity index (χ3v) is 4.65. The maximum absolute atomic E-state index is 12.4. The molecule has 1 aromatic heterocycles. The van der Waals surface area contributed by atoms with Gasteiger partial charge in [-0.1, -0.05) is 32.0 Å². The SMILES string of the molecule is CC(C)[C@H](NS(=O)(=O)c1cccnc1)c1ccccc1N. The first-order valence-electron chi connectivity index (χ1n) is 6.68. The summed E-state index contributed by atoms with van der Waals surface area (Å²) in [4.78, 5) is 3.99. The Morgan fingerprint density at radius 3 is 2.43 bits per heavy atom. The first-order valence-corrected chi connectivity index (χ1v) is 8.17. The van der Waals surface area contributed by atoms with Gasteiger partial charge in [-0.25, -0.2) is 13.1 Å². The van der Waals surface area contributed by atoms with Crippen LogP contribution in [-0.4, -0.2) is 13.4 Å². The molecule has 0 radical (unpaired) electrons. The highest BCUT2D eigenvalue weighted by molar-refractivity contribution is 7.89. The van der Waals surface area contributed by atoms with Crippen LogP contribution < -0.4 is 10.5 Å². The third kappa shape index (κ3) is 3.59. The molecule has 0 aliphatic rings. The van der Waals surface area contributed by atoms with E-state index in [1.807, 2.05) is 32.0 Å². The number of nitrogens with one attached hydrogen (secondary N) is 1. The van der Waals surface area contributed by atoms with Crippen LogP contribution in [-0.2, 0) is 10.0 Å². The molecule has 0 spiro atoms. The van der Waals surface area contributed by atoms with Gasteiger partial charge in [0, 0.05) is 18.1 Å². The Kier molecular flexibility index (Phi) is 4.59. The number of nitrogens with zero attached hydrogens (tertiary/aromatic N) is 1. The molecule has 112 valence electrons. The van der Waals surface area contributed by atoms with Crippen LogP contribution in [0.1, 0.15) is 25.5 Å². The van der Waals surface area contributed by atoms with E-state index in [1.54, 1.807) is 12.1 Å². The van der Waals surface area contributed by atoms with Crippen molar-refractivity contribution < 1.29 is 8.42 Å². The summed E-state index contributed by atoms with van der Waals surface area (Å²) in [6.07, 6.45) is 2.86. The molecule has 6 heteroatoms. The fraction of sp³-hybridized carbons (Fsp3) is 0.267. The molecule has 0 bridgehead atoms. The molecular formula is C15H19N3O2S. The monoisotopic (exact) mass is 305 g/mol. The highest BCUT2D eigenvalue weighted by Crippen LogP contribution is 2.28. The summed E-state index contributed by atoms with van der Waals surface area (Å²) in [5, 5.41) is 0. The van der Waals surface area contributed by atoms with Crippen molar-refractivity contribution in [2.45, 2.75) is 24.8 Å². The van der Waals surface area contributed by atoms with Crippen LogP contribution in [0.5, 0.6) is 0 Å². The van der Waals surface area contributed by atoms with E-state index in [0.717, 1.165) is 5.56 Å². The number of hydrogen-bond acceptors (Lipinski definition) is 4. The van der Waals surface area contributed by atoms with Gasteiger partial charge in [0.15, 0.2) is 0 Å². The number of sulfonamides is 1. The van der Waals surface area contributed by atoms with E-state index in [0.29, 0.717) is 5.69 Å². The van der Waals surface area contributed by atoms with Crippen molar-refractivity contribution in [2.75, 3.05) is 5.73 Å². The number of nitrogen functional groups attached to an aromatic ring is 1. The van der Waals surface area contributed by atoms with E-state index in [4.69, 9.17) is 5.73 Å². The van der Waals surface area contributed by atoms with E-state index in [9.17, 15) is 8.42 Å². The lowest BCUT2D eigenvalue weighted by molar-refractivity contribution is 0.464. The number of aromatic nitrogens is 1. The molecule has 0 aliphatic carbocycles. The number of pyridine rings is 1. The minimum Gasteiger partial charge on any atom is -0.398 e. The highest BCUT2D eigenvalue weighted by atomic mass is 32.2. The largest absolute Gasteiger partial charge is 0.398 e. The maximum atomic E-state index is 12.4. The molecule has 1 aromatic carbocycles. The van der Waals surface area contributed by atoms with Crippen LogP contribution in [0.25, 0.3) is 0 Å². The molecule has 3 N–H and O–H groups in total. The van der Waals surface area contributed by atoms with Gasteiger partial charge in [-0.3, -0.25) is 4.98 Å². The van der Waals surface area contributed by atoms with Gasteiger partial charge in [0.25, 0.3) is 0 Å². The summed E-state index contributed by atoms with van der Waals surface area (Å²) in [7, 11) is -3.64. The Labute approximate surface area is 125 Å². The maximum Gasteiger partial charge on any atom is 0.242 e. The van der Waals surface area contributed by atoms with Crippen LogP contribution in [0.4, 0.5) is 5.69 Å². The summed E-state index contributed by atoms with van der Waals surface area (Å²) in [5.41, 5.74) is 7.32. The summed E-state index contributed by atoms with van der Waals surface area (Å²) in [5.74, 6) is 0.0566. The van der Waals surface area contributed by atoms with Gasteiger partial charge < -0.3 is 5.73 Å². The topological polar surface area (TPSA) is 85.1 Å². The van der Waals surface area contributed by atoms with Gasteiger partial charge >= 0.3 is 0 Å². The lowest BCUT2D eigenvalue weighted by Gasteiger charge is -2.24. The molecule has 0 aliphatic heterocycles. The average Bonchev–Trinajstić information content (AvgIpc) is 2.46. The zero-order valence-electron chi connectivity index (χ0n) is 12.0. The number of rotatable bonds is 5. The van der Waals surface area contributed by atoms with E-state index >= 15 is 0 Å². The zero-order chi connectivity index (χ0) is 15.5. The molecule has 0 saturated carbocycles. The Bertz CT molecular complexity index is 700. The number of para-hydroxylation sites is 1.